The molecule has 9 heteroatoms. The Morgan fingerprint density at radius 2 is 1.67 bits per heavy atom. The van der Waals surface area contributed by atoms with Crippen molar-refractivity contribution in [2.24, 2.45) is 5.16 Å². The van der Waals surface area contributed by atoms with Crippen molar-refractivity contribution in [3.05, 3.63) is 72.2 Å². The summed E-state index contributed by atoms with van der Waals surface area (Å²) in [6.45, 7) is 0. The summed E-state index contributed by atoms with van der Waals surface area (Å²) in [6, 6.07) is 14.7. The first kappa shape index (κ1) is 23.4. The summed E-state index contributed by atoms with van der Waals surface area (Å²) in [5.41, 5.74) is 2.18. The number of carboxylic acids is 1. The van der Waals surface area contributed by atoms with E-state index in [1.807, 2.05) is 30.3 Å². The third-order valence-electron chi connectivity index (χ3n) is 4.87. The number of hydrogen-bond acceptors (Lipinski definition) is 7. The average molecular weight is 452 g/mol. The van der Waals surface area contributed by atoms with Crippen molar-refractivity contribution in [1.29, 1.82) is 0 Å². The number of ether oxygens (including phenoxy) is 2. The SMILES string of the molecule is CON=C(C(=O)N[C@@H](Cc1ccc(-c2c(OC)cccc2OC)cc1)C(=O)O)c1ccco1. The van der Waals surface area contributed by atoms with Crippen LogP contribution in [-0.2, 0) is 20.8 Å². The molecule has 0 unspecified atom stereocenters. The van der Waals surface area contributed by atoms with E-state index in [4.69, 9.17) is 18.7 Å². The fraction of sp³-hybridized carbons (Fsp3) is 0.208. The molecular weight excluding hydrogens is 428 g/mol. The van der Waals surface area contributed by atoms with E-state index < -0.39 is 17.9 Å². The van der Waals surface area contributed by atoms with Gasteiger partial charge in [-0.15, -0.1) is 0 Å². The molecule has 2 aromatic carbocycles. The molecule has 172 valence electrons. The predicted molar refractivity (Wildman–Crippen MR) is 121 cm³/mol. The lowest BCUT2D eigenvalue weighted by Gasteiger charge is -2.16. The minimum absolute atomic E-state index is 0.0584. The Hall–Kier alpha value is -4.27. The van der Waals surface area contributed by atoms with Crippen molar-refractivity contribution in [3.8, 4) is 22.6 Å². The summed E-state index contributed by atoms with van der Waals surface area (Å²) < 4.78 is 16.1. The zero-order valence-electron chi connectivity index (χ0n) is 18.4. The molecule has 0 aliphatic heterocycles. The Labute approximate surface area is 190 Å². The standard InChI is InChI=1S/C24H24N2O7/c1-30-18-6-4-7-19(31-2)21(18)16-11-9-15(10-12-16)14-17(24(28)29)25-23(27)22(26-32-3)20-8-5-13-33-20/h4-13,17H,14H2,1-3H3,(H,25,27)(H,28,29)/t17-/m0/s1. The molecule has 0 bridgehead atoms. The first-order chi connectivity index (χ1) is 16.0. The van der Waals surface area contributed by atoms with Crippen molar-refractivity contribution in [2.45, 2.75) is 12.5 Å². The van der Waals surface area contributed by atoms with Gasteiger partial charge in [0.05, 0.1) is 26.0 Å². The second kappa shape index (κ2) is 10.9. The van der Waals surface area contributed by atoms with Crippen LogP contribution in [0.15, 0.2) is 70.4 Å². The number of hydrogen-bond donors (Lipinski definition) is 2. The lowest BCUT2D eigenvalue weighted by atomic mass is 9.99. The molecule has 0 aliphatic rings. The van der Waals surface area contributed by atoms with Crippen LogP contribution in [0.5, 0.6) is 11.5 Å². The second-order valence-electron chi connectivity index (χ2n) is 6.90. The van der Waals surface area contributed by atoms with Gasteiger partial charge in [-0.3, -0.25) is 4.79 Å². The molecule has 33 heavy (non-hydrogen) atoms. The van der Waals surface area contributed by atoms with Crippen molar-refractivity contribution in [3.63, 3.8) is 0 Å². The van der Waals surface area contributed by atoms with Crippen LogP contribution in [-0.4, -0.2) is 50.1 Å². The lowest BCUT2D eigenvalue weighted by Crippen LogP contribution is -2.45. The van der Waals surface area contributed by atoms with Gasteiger partial charge in [-0.05, 0) is 35.4 Å². The Balaban J connectivity index is 1.79. The van der Waals surface area contributed by atoms with Gasteiger partial charge >= 0.3 is 5.97 Å². The highest BCUT2D eigenvalue weighted by molar-refractivity contribution is 6.44. The van der Waals surface area contributed by atoms with Gasteiger partial charge in [-0.2, -0.15) is 0 Å². The highest BCUT2D eigenvalue weighted by atomic mass is 16.6. The Morgan fingerprint density at radius 1 is 1.00 bits per heavy atom. The normalized spacial score (nSPS) is 12.0. The smallest absolute Gasteiger partial charge is 0.326 e. The molecule has 1 heterocycles. The van der Waals surface area contributed by atoms with E-state index in [0.29, 0.717) is 17.1 Å². The molecule has 0 spiro atoms. The third-order valence-corrected chi connectivity index (χ3v) is 4.87. The van der Waals surface area contributed by atoms with Crippen LogP contribution in [0.3, 0.4) is 0 Å². The van der Waals surface area contributed by atoms with E-state index in [1.165, 1.54) is 19.4 Å². The average Bonchev–Trinajstić information content (AvgIpc) is 3.36. The third kappa shape index (κ3) is 5.51. The number of carboxylic acid groups (broad SMARTS) is 1. The molecule has 0 radical (unpaired) electrons. The maximum absolute atomic E-state index is 12.6. The highest BCUT2D eigenvalue weighted by Gasteiger charge is 2.26. The van der Waals surface area contributed by atoms with Gasteiger partial charge in [0.15, 0.2) is 5.76 Å². The first-order valence-corrected chi connectivity index (χ1v) is 9.97. The number of benzene rings is 2. The van der Waals surface area contributed by atoms with Crippen LogP contribution in [0.4, 0.5) is 0 Å². The largest absolute Gasteiger partial charge is 0.496 e. The van der Waals surface area contributed by atoms with Crippen LogP contribution in [0.25, 0.3) is 11.1 Å². The van der Waals surface area contributed by atoms with Crippen molar-refractivity contribution in [1.82, 2.24) is 5.32 Å². The van der Waals surface area contributed by atoms with Gasteiger partial charge in [0.2, 0.25) is 5.71 Å². The van der Waals surface area contributed by atoms with Gasteiger partial charge in [0.1, 0.15) is 24.7 Å². The van der Waals surface area contributed by atoms with E-state index in [0.717, 1.165) is 11.1 Å². The fourth-order valence-electron chi connectivity index (χ4n) is 3.31. The van der Waals surface area contributed by atoms with E-state index in [-0.39, 0.29) is 17.9 Å². The van der Waals surface area contributed by atoms with Gasteiger partial charge < -0.3 is 29.2 Å². The molecule has 9 nitrogen and oxygen atoms in total. The summed E-state index contributed by atoms with van der Waals surface area (Å²) in [5.74, 6) is -0.445. The second-order valence-corrected chi connectivity index (χ2v) is 6.90. The quantitative estimate of drug-likeness (QED) is 0.358. The maximum Gasteiger partial charge on any atom is 0.326 e. The van der Waals surface area contributed by atoms with Crippen LogP contribution < -0.4 is 14.8 Å². The zero-order valence-corrected chi connectivity index (χ0v) is 18.4. The zero-order chi connectivity index (χ0) is 23.8. The number of carbonyl (C=O) groups excluding carboxylic acids is 1. The van der Waals surface area contributed by atoms with E-state index in [2.05, 4.69) is 10.5 Å². The molecule has 0 fully saturated rings. The Bertz CT molecular complexity index is 1100. The van der Waals surface area contributed by atoms with Gasteiger partial charge in [-0.1, -0.05) is 35.5 Å². The van der Waals surface area contributed by atoms with Gasteiger partial charge in [0.25, 0.3) is 5.91 Å². The number of methoxy groups -OCH3 is 2. The van der Waals surface area contributed by atoms with Crippen LogP contribution in [0, 0.1) is 0 Å². The Morgan fingerprint density at radius 3 is 2.18 bits per heavy atom. The summed E-state index contributed by atoms with van der Waals surface area (Å²) in [5, 5.41) is 15.8. The molecule has 0 aliphatic carbocycles. The van der Waals surface area contributed by atoms with Crippen molar-refractivity contribution < 1.29 is 33.4 Å². The van der Waals surface area contributed by atoms with Gasteiger partial charge in [-0.25, -0.2) is 4.79 Å². The molecule has 0 saturated carbocycles. The summed E-state index contributed by atoms with van der Waals surface area (Å²) >= 11 is 0. The lowest BCUT2D eigenvalue weighted by molar-refractivity contribution is -0.141. The van der Waals surface area contributed by atoms with Crippen LogP contribution in [0.2, 0.25) is 0 Å². The first-order valence-electron chi connectivity index (χ1n) is 9.97. The molecule has 3 aromatic rings. The van der Waals surface area contributed by atoms with Crippen molar-refractivity contribution >= 4 is 17.6 Å². The minimum atomic E-state index is -1.19. The van der Waals surface area contributed by atoms with Crippen LogP contribution >= 0.6 is 0 Å². The molecule has 3 rings (SSSR count). The minimum Gasteiger partial charge on any atom is -0.496 e. The van der Waals surface area contributed by atoms with Crippen molar-refractivity contribution in [2.75, 3.05) is 21.3 Å². The number of amides is 1. The maximum atomic E-state index is 12.6. The number of aliphatic carboxylic acids is 1. The number of oxime groups is 1. The Kier molecular flexibility index (Phi) is 7.69. The van der Waals surface area contributed by atoms with E-state index >= 15 is 0 Å². The number of nitrogens with zero attached hydrogens (tertiary/aromatic N) is 1. The molecule has 1 aromatic heterocycles. The monoisotopic (exact) mass is 452 g/mol. The van der Waals surface area contributed by atoms with E-state index in [9.17, 15) is 14.7 Å². The highest BCUT2D eigenvalue weighted by Crippen LogP contribution is 2.38. The molecule has 1 atom stereocenters. The topological polar surface area (TPSA) is 120 Å². The molecule has 2 N–H and O–H groups in total. The van der Waals surface area contributed by atoms with Crippen LogP contribution in [0.1, 0.15) is 11.3 Å². The summed E-state index contributed by atoms with van der Waals surface area (Å²) in [4.78, 5) is 29.2. The van der Waals surface area contributed by atoms with Gasteiger partial charge in [0, 0.05) is 6.42 Å². The fourth-order valence-corrected chi connectivity index (χ4v) is 3.31. The molecule has 0 saturated heterocycles. The number of nitrogens with one attached hydrogen (secondary N) is 1. The predicted octanol–water partition coefficient (Wildman–Crippen LogP) is 3.13. The van der Waals surface area contributed by atoms with E-state index in [1.54, 1.807) is 32.4 Å². The number of carbonyl (C=O) groups is 2. The molecular formula is C24H24N2O7. The summed E-state index contributed by atoms with van der Waals surface area (Å²) in [7, 11) is 4.44. The summed E-state index contributed by atoms with van der Waals surface area (Å²) in [6.07, 6.45) is 1.43. The molecule has 1 amide bonds. The number of rotatable bonds is 10. The number of furan rings is 1.